The summed E-state index contributed by atoms with van der Waals surface area (Å²) in [5.41, 5.74) is 1.25. The summed E-state index contributed by atoms with van der Waals surface area (Å²) in [6, 6.07) is 0. The molecule has 0 aliphatic heterocycles. The molecule has 0 heterocycles. The molecule has 0 fully saturated rings. The largest absolute Gasteiger partial charge is 0.151 e. The van der Waals surface area contributed by atoms with E-state index >= 15 is 0 Å². The maximum atomic E-state index is 4.03. The Morgan fingerprint density at radius 3 is 1.89 bits per heavy atom. The quantitative estimate of drug-likeness (QED) is 0.450. The Hall–Kier alpha value is -0.430. The molecule has 0 amide bonds. The molecule has 0 aliphatic carbocycles. The maximum absolute atomic E-state index is 4.03. The topological polar surface area (TPSA) is 0 Å². The first kappa shape index (κ1) is 8.57. The Bertz CT molecular complexity index is 111. The molecule has 0 aromatic rings. The lowest BCUT2D eigenvalue weighted by Crippen LogP contribution is -1.74. The third kappa shape index (κ3) is 4.10. The molecule has 9 heavy (non-hydrogen) atoms. The highest BCUT2D eigenvalue weighted by molar-refractivity contribution is 7.83. The molecular formula is C8H12S. The van der Waals surface area contributed by atoms with Crippen molar-refractivity contribution in [2.24, 2.45) is 0 Å². The molecule has 0 nitrogen and oxygen atoms in total. The van der Waals surface area contributed by atoms with Gasteiger partial charge in [0, 0.05) is 0 Å². The van der Waals surface area contributed by atoms with Crippen LogP contribution in [-0.4, -0.2) is 0 Å². The van der Waals surface area contributed by atoms with Crippen molar-refractivity contribution >= 4 is 12.6 Å². The van der Waals surface area contributed by atoms with Crippen molar-refractivity contribution in [1.82, 2.24) is 0 Å². The number of thiol groups is 1. The Kier molecular flexibility index (Phi) is 5.43. The normalized spacial score (nSPS) is 8.11. The molecule has 0 atom stereocenters. The molecule has 0 unspecified atom stereocenters. The van der Waals surface area contributed by atoms with Crippen LogP contribution in [0.25, 0.3) is 0 Å². The van der Waals surface area contributed by atoms with Crippen molar-refractivity contribution in [3.63, 3.8) is 0 Å². The van der Waals surface area contributed by atoms with Crippen molar-refractivity contribution in [1.29, 1.82) is 0 Å². The summed E-state index contributed by atoms with van der Waals surface area (Å²) in [5, 5.41) is 1.81. The average Bonchev–Trinajstić information content (AvgIpc) is 1.88. The van der Waals surface area contributed by atoms with Crippen LogP contribution in [-0.2, 0) is 0 Å². The van der Waals surface area contributed by atoms with Crippen LogP contribution in [0, 0.1) is 0 Å². The third-order valence-corrected chi connectivity index (χ3v) is 1.36. The van der Waals surface area contributed by atoms with Crippen LogP contribution in [0.1, 0.15) is 12.8 Å². The fraction of sp³-hybridized carbons (Fsp3) is 0.250. The minimum atomic E-state index is 0.912. The smallest absolute Gasteiger partial charge is 0.0130 e. The molecule has 50 valence electrons. The summed E-state index contributed by atoms with van der Waals surface area (Å²) in [5.74, 6) is 0. The molecule has 0 aromatic carbocycles. The van der Waals surface area contributed by atoms with E-state index in [1.807, 2.05) is 17.6 Å². The molecule has 0 rings (SSSR count). The van der Waals surface area contributed by atoms with E-state index in [2.05, 4.69) is 25.8 Å². The van der Waals surface area contributed by atoms with Crippen molar-refractivity contribution in [2.45, 2.75) is 12.8 Å². The van der Waals surface area contributed by atoms with E-state index in [0.717, 1.165) is 12.8 Å². The van der Waals surface area contributed by atoms with Gasteiger partial charge in [0.15, 0.2) is 0 Å². The van der Waals surface area contributed by atoms with Crippen LogP contribution in [0.4, 0.5) is 0 Å². The average molecular weight is 140 g/mol. The van der Waals surface area contributed by atoms with E-state index in [4.69, 9.17) is 0 Å². The minimum Gasteiger partial charge on any atom is -0.151 e. The first-order valence-corrected chi connectivity index (χ1v) is 3.40. The molecule has 0 aromatic heterocycles. The van der Waals surface area contributed by atoms with Crippen molar-refractivity contribution in [3.8, 4) is 0 Å². The van der Waals surface area contributed by atoms with Gasteiger partial charge < -0.3 is 0 Å². The van der Waals surface area contributed by atoms with Gasteiger partial charge in [-0.25, -0.2) is 0 Å². The zero-order valence-corrected chi connectivity index (χ0v) is 6.40. The summed E-state index contributed by atoms with van der Waals surface area (Å²) in [4.78, 5) is 0. The molecule has 0 saturated heterocycles. The Balaban J connectivity index is 3.68. The molecule has 0 saturated carbocycles. The lowest BCUT2D eigenvalue weighted by Gasteiger charge is -1.95. The van der Waals surface area contributed by atoms with E-state index in [1.165, 1.54) is 5.57 Å². The van der Waals surface area contributed by atoms with Gasteiger partial charge >= 0.3 is 0 Å². The minimum absolute atomic E-state index is 0.912. The van der Waals surface area contributed by atoms with Crippen LogP contribution in [0.5, 0.6) is 0 Å². The van der Waals surface area contributed by atoms with Gasteiger partial charge in [-0.3, -0.25) is 0 Å². The first-order valence-electron chi connectivity index (χ1n) is 2.89. The molecule has 0 bridgehead atoms. The predicted molar refractivity (Wildman–Crippen MR) is 46.7 cm³/mol. The van der Waals surface area contributed by atoms with Gasteiger partial charge in [0.1, 0.15) is 0 Å². The van der Waals surface area contributed by atoms with Gasteiger partial charge in [-0.1, -0.05) is 17.7 Å². The first-order chi connectivity index (χ1) is 4.35. The number of rotatable bonds is 4. The molecule has 0 aliphatic rings. The second-order valence-corrected chi connectivity index (χ2v) is 2.03. The van der Waals surface area contributed by atoms with Gasteiger partial charge in [0.25, 0.3) is 0 Å². The highest BCUT2D eigenvalue weighted by Crippen LogP contribution is 2.08. The van der Waals surface area contributed by atoms with Crippen LogP contribution in [0.15, 0.2) is 36.3 Å². The zero-order chi connectivity index (χ0) is 7.11. The third-order valence-electron chi connectivity index (χ3n) is 0.996. The number of hydrogen-bond acceptors (Lipinski definition) is 1. The van der Waals surface area contributed by atoms with Crippen molar-refractivity contribution < 1.29 is 0 Å². The van der Waals surface area contributed by atoms with E-state index in [1.54, 1.807) is 0 Å². The van der Waals surface area contributed by atoms with Gasteiger partial charge in [0.2, 0.25) is 0 Å². The second kappa shape index (κ2) is 5.70. The van der Waals surface area contributed by atoms with E-state index in [-0.39, 0.29) is 0 Å². The van der Waals surface area contributed by atoms with Gasteiger partial charge in [0.05, 0.1) is 0 Å². The summed E-state index contributed by atoms with van der Waals surface area (Å²) in [7, 11) is 0. The number of allylic oxidation sites excluding steroid dienone is 3. The van der Waals surface area contributed by atoms with Gasteiger partial charge in [-0.05, 0) is 18.2 Å². The Labute approximate surface area is 62.4 Å². The summed E-state index contributed by atoms with van der Waals surface area (Å²) in [6.07, 6.45) is 5.56. The monoisotopic (exact) mass is 140 g/mol. The fourth-order valence-electron chi connectivity index (χ4n) is 0.560. The van der Waals surface area contributed by atoms with Crippen LogP contribution in [0.2, 0.25) is 0 Å². The fourth-order valence-corrected chi connectivity index (χ4v) is 0.770. The Morgan fingerprint density at radius 1 is 1.22 bits per heavy atom. The van der Waals surface area contributed by atoms with Gasteiger partial charge in [-0.15, -0.1) is 13.2 Å². The zero-order valence-electron chi connectivity index (χ0n) is 5.51. The summed E-state index contributed by atoms with van der Waals surface area (Å²) < 4.78 is 0. The highest BCUT2D eigenvalue weighted by atomic mass is 32.1. The highest BCUT2D eigenvalue weighted by Gasteiger charge is 1.86. The molecule has 0 radical (unpaired) electrons. The SMILES string of the molecule is C=CCC(=CS)CC=C. The van der Waals surface area contributed by atoms with Crippen molar-refractivity contribution in [3.05, 3.63) is 36.3 Å². The standard InChI is InChI=1S/C8H12S/c1-3-5-8(7-9)6-4-2/h3-4,7,9H,1-2,5-6H2. The molecule has 1 heteroatoms. The van der Waals surface area contributed by atoms with Crippen LogP contribution >= 0.6 is 12.6 Å². The maximum Gasteiger partial charge on any atom is -0.0130 e. The Morgan fingerprint density at radius 2 is 1.67 bits per heavy atom. The number of hydrogen-bond donors (Lipinski definition) is 1. The van der Waals surface area contributed by atoms with Crippen LogP contribution in [0.3, 0.4) is 0 Å². The van der Waals surface area contributed by atoms with Crippen LogP contribution < -0.4 is 0 Å². The van der Waals surface area contributed by atoms with E-state index in [0.29, 0.717) is 0 Å². The second-order valence-electron chi connectivity index (χ2n) is 1.77. The molecule has 0 N–H and O–H groups in total. The summed E-state index contributed by atoms with van der Waals surface area (Å²) in [6.45, 7) is 7.24. The molecule has 0 spiro atoms. The molecular weight excluding hydrogens is 128 g/mol. The lowest BCUT2D eigenvalue weighted by molar-refractivity contribution is 1.12. The lowest BCUT2D eigenvalue weighted by atomic mass is 10.1. The van der Waals surface area contributed by atoms with E-state index < -0.39 is 0 Å². The summed E-state index contributed by atoms with van der Waals surface area (Å²) >= 11 is 4.03. The van der Waals surface area contributed by atoms with Crippen molar-refractivity contribution in [2.75, 3.05) is 0 Å². The van der Waals surface area contributed by atoms with E-state index in [9.17, 15) is 0 Å². The predicted octanol–water partition coefficient (Wildman–Crippen LogP) is 2.95. The van der Waals surface area contributed by atoms with Gasteiger partial charge in [-0.2, -0.15) is 12.6 Å².